The van der Waals surface area contributed by atoms with Crippen molar-refractivity contribution in [1.29, 1.82) is 0 Å². The second-order valence-corrected chi connectivity index (χ2v) is 8.27. The molecule has 35 heavy (non-hydrogen) atoms. The molecule has 2 heterocycles. The molecule has 1 fully saturated rings. The molecule has 1 unspecified atom stereocenters. The summed E-state index contributed by atoms with van der Waals surface area (Å²) in [6.45, 7) is 2.38. The summed E-state index contributed by atoms with van der Waals surface area (Å²) in [6.07, 6.45) is 0. The summed E-state index contributed by atoms with van der Waals surface area (Å²) in [5, 5.41) is 11.9. The maximum Gasteiger partial charge on any atom is 0.325 e. The highest BCUT2D eigenvalue weighted by atomic mass is 16.2. The number of hydrogen-bond donors (Lipinski definition) is 5. The highest BCUT2D eigenvalue weighted by molar-refractivity contribution is 6.09. The first-order chi connectivity index (χ1) is 16.6. The average molecular weight is 478 g/mol. The fourth-order valence-corrected chi connectivity index (χ4v) is 3.83. The minimum atomic E-state index is -1.32. The summed E-state index contributed by atoms with van der Waals surface area (Å²) in [6, 6.07) is 10.7. The summed E-state index contributed by atoms with van der Waals surface area (Å²) in [7, 11) is 0. The molecule has 1 aromatic heterocycles. The molecule has 1 aliphatic rings. The molecule has 5 N–H and O–H groups in total. The number of anilines is 1. The van der Waals surface area contributed by atoms with Crippen LogP contribution < -0.4 is 27.1 Å². The van der Waals surface area contributed by atoms with Gasteiger partial charge in [0, 0.05) is 0 Å². The van der Waals surface area contributed by atoms with Crippen LogP contribution >= 0.6 is 0 Å². The van der Waals surface area contributed by atoms with Gasteiger partial charge in [0.1, 0.15) is 12.1 Å². The van der Waals surface area contributed by atoms with Gasteiger partial charge in [-0.3, -0.25) is 39.1 Å². The van der Waals surface area contributed by atoms with E-state index in [2.05, 4.69) is 26.1 Å². The number of benzene rings is 2. The van der Waals surface area contributed by atoms with Gasteiger partial charge in [-0.1, -0.05) is 35.9 Å². The van der Waals surface area contributed by atoms with E-state index in [9.17, 15) is 28.8 Å². The van der Waals surface area contributed by atoms with Gasteiger partial charge < -0.3 is 16.0 Å². The summed E-state index contributed by atoms with van der Waals surface area (Å²) in [4.78, 5) is 74.9. The van der Waals surface area contributed by atoms with E-state index in [1.165, 1.54) is 18.2 Å². The molecule has 1 saturated heterocycles. The third-order valence-electron chi connectivity index (χ3n) is 5.75. The van der Waals surface area contributed by atoms with Crippen molar-refractivity contribution >= 4 is 40.2 Å². The maximum atomic E-state index is 12.9. The Balaban J connectivity index is 1.39. The van der Waals surface area contributed by atoms with Crippen molar-refractivity contribution < 1.29 is 19.2 Å². The molecular formula is C23H22N6O6. The Labute approximate surface area is 197 Å². The van der Waals surface area contributed by atoms with E-state index >= 15 is 0 Å². The average Bonchev–Trinajstić information content (AvgIpc) is 3.04. The minimum absolute atomic E-state index is 0.00866. The molecule has 0 saturated carbocycles. The van der Waals surface area contributed by atoms with Gasteiger partial charge in [0.2, 0.25) is 11.8 Å². The summed E-state index contributed by atoms with van der Waals surface area (Å²) in [5.74, 6) is -2.00. The third kappa shape index (κ3) is 4.40. The van der Waals surface area contributed by atoms with Crippen molar-refractivity contribution in [2.24, 2.45) is 0 Å². The summed E-state index contributed by atoms with van der Waals surface area (Å²) in [5.41, 5.74) is -0.792. The molecule has 180 valence electrons. The Morgan fingerprint density at radius 1 is 0.943 bits per heavy atom. The number of nitrogens with one attached hydrogen (secondary N) is 5. The van der Waals surface area contributed by atoms with Crippen LogP contribution in [0.5, 0.6) is 0 Å². The molecule has 5 amide bonds. The van der Waals surface area contributed by atoms with Crippen molar-refractivity contribution in [3.63, 3.8) is 0 Å². The number of amides is 5. The van der Waals surface area contributed by atoms with Crippen molar-refractivity contribution in [3.05, 3.63) is 74.3 Å². The number of aryl methyl sites for hydroxylation is 1. The number of H-pyrrole nitrogens is 2. The predicted octanol–water partition coefficient (Wildman–Crippen LogP) is 0.0467. The first kappa shape index (κ1) is 23.4. The van der Waals surface area contributed by atoms with E-state index < -0.39 is 53.5 Å². The van der Waals surface area contributed by atoms with Crippen LogP contribution in [0.25, 0.3) is 10.8 Å². The van der Waals surface area contributed by atoms with Crippen molar-refractivity contribution in [2.45, 2.75) is 19.4 Å². The first-order valence-corrected chi connectivity index (χ1v) is 10.6. The SMILES string of the molecule is Cc1ccc(C2(C)NC(=O)N(CC(=O)NCC(=O)Nc3cccc4c(=O)[nH][nH]c(=O)c34)C2=O)cc1. The number of aromatic nitrogens is 2. The monoisotopic (exact) mass is 478 g/mol. The minimum Gasteiger partial charge on any atom is -0.345 e. The van der Waals surface area contributed by atoms with Crippen LogP contribution in [0.3, 0.4) is 0 Å². The maximum absolute atomic E-state index is 12.9. The number of hydrogen-bond acceptors (Lipinski definition) is 6. The number of carbonyl (C=O) groups excluding carboxylic acids is 4. The van der Waals surface area contributed by atoms with Gasteiger partial charge in [0.05, 0.1) is 23.0 Å². The molecule has 0 bridgehead atoms. The van der Waals surface area contributed by atoms with Gasteiger partial charge in [-0.15, -0.1) is 0 Å². The van der Waals surface area contributed by atoms with Gasteiger partial charge in [0.15, 0.2) is 0 Å². The van der Waals surface area contributed by atoms with Gasteiger partial charge in [-0.05, 0) is 31.5 Å². The normalized spacial score (nSPS) is 17.4. The molecule has 12 heteroatoms. The van der Waals surface area contributed by atoms with Gasteiger partial charge in [0.25, 0.3) is 17.0 Å². The zero-order chi connectivity index (χ0) is 25.3. The fraction of sp³-hybridized carbons (Fsp3) is 0.217. The Kier molecular flexibility index (Phi) is 5.95. The van der Waals surface area contributed by atoms with Crippen LogP contribution in [0.15, 0.2) is 52.1 Å². The van der Waals surface area contributed by atoms with Crippen molar-refractivity contribution in [3.8, 4) is 0 Å². The van der Waals surface area contributed by atoms with E-state index in [0.29, 0.717) is 5.56 Å². The second kappa shape index (κ2) is 8.89. The standard InChI is InChI=1S/C23H22N6O6/c1-12-6-8-13(9-7-12)23(2)21(34)29(22(35)26-23)11-17(31)24-10-16(30)25-15-5-3-4-14-18(15)20(33)28-27-19(14)32/h3-9H,10-11H2,1-2H3,(H,24,31)(H,25,30)(H,26,35)(H,27,32)(H,28,33). The molecule has 2 aromatic carbocycles. The summed E-state index contributed by atoms with van der Waals surface area (Å²) >= 11 is 0. The summed E-state index contributed by atoms with van der Waals surface area (Å²) < 4.78 is 0. The number of imide groups is 1. The number of nitrogens with zero attached hydrogens (tertiary/aromatic N) is 1. The number of aromatic amines is 2. The van der Waals surface area contributed by atoms with E-state index in [1.54, 1.807) is 19.1 Å². The molecule has 1 atom stereocenters. The van der Waals surface area contributed by atoms with Crippen molar-refractivity contribution in [1.82, 2.24) is 25.7 Å². The lowest BCUT2D eigenvalue weighted by Crippen LogP contribution is -2.44. The number of rotatable bonds is 6. The van der Waals surface area contributed by atoms with Gasteiger partial charge >= 0.3 is 6.03 Å². The lowest BCUT2D eigenvalue weighted by atomic mass is 9.91. The van der Waals surface area contributed by atoms with Crippen molar-refractivity contribution in [2.75, 3.05) is 18.4 Å². The van der Waals surface area contributed by atoms with Crippen LogP contribution in [-0.4, -0.2) is 51.9 Å². The number of carbonyl (C=O) groups is 4. The van der Waals surface area contributed by atoms with E-state index in [1.807, 2.05) is 19.1 Å². The van der Waals surface area contributed by atoms with Crippen LogP contribution in [0.2, 0.25) is 0 Å². The predicted molar refractivity (Wildman–Crippen MR) is 126 cm³/mol. The van der Waals surface area contributed by atoms with Gasteiger partial charge in [-0.25, -0.2) is 4.79 Å². The molecule has 0 spiro atoms. The Morgan fingerprint density at radius 3 is 2.34 bits per heavy atom. The fourth-order valence-electron chi connectivity index (χ4n) is 3.83. The second-order valence-electron chi connectivity index (χ2n) is 8.27. The molecule has 4 rings (SSSR count). The van der Waals surface area contributed by atoms with E-state index in [0.717, 1.165) is 10.5 Å². The zero-order valence-electron chi connectivity index (χ0n) is 18.9. The smallest absolute Gasteiger partial charge is 0.325 e. The number of fused-ring (bicyclic) bond motifs is 1. The lowest BCUT2D eigenvalue weighted by molar-refractivity contribution is -0.135. The first-order valence-electron chi connectivity index (χ1n) is 10.6. The molecular weight excluding hydrogens is 456 g/mol. The van der Waals surface area contributed by atoms with Crippen LogP contribution in [0, 0.1) is 6.92 Å². The third-order valence-corrected chi connectivity index (χ3v) is 5.75. The van der Waals surface area contributed by atoms with Crippen LogP contribution in [0.4, 0.5) is 10.5 Å². The van der Waals surface area contributed by atoms with Crippen LogP contribution in [-0.2, 0) is 19.9 Å². The van der Waals surface area contributed by atoms with E-state index in [4.69, 9.17) is 0 Å². The highest BCUT2D eigenvalue weighted by Gasteiger charge is 2.49. The molecule has 12 nitrogen and oxygen atoms in total. The zero-order valence-corrected chi connectivity index (χ0v) is 18.9. The van der Waals surface area contributed by atoms with E-state index in [-0.39, 0.29) is 16.5 Å². The Bertz CT molecular complexity index is 1470. The highest BCUT2D eigenvalue weighted by Crippen LogP contribution is 2.28. The molecule has 0 radical (unpaired) electrons. The molecule has 3 aromatic rings. The largest absolute Gasteiger partial charge is 0.345 e. The topological polar surface area (TPSA) is 173 Å². The number of urea groups is 1. The Morgan fingerprint density at radius 2 is 1.63 bits per heavy atom. The molecule has 1 aliphatic heterocycles. The lowest BCUT2D eigenvalue weighted by Gasteiger charge is -2.22. The Hall–Kier alpha value is -4.74. The quantitative estimate of drug-likeness (QED) is 0.313. The molecule has 0 aliphatic carbocycles. The van der Waals surface area contributed by atoms with Gasteiger partial charge in [-0.2, -0.15) is 0 Å². The van der Waals surface area contributed by atoms with Crippen LogP contribution in [0.1, 0.15) is 18.1 Å².